The van der Waals surface area contributed by atoms with E-state index in [4.69, 9.17) is 0 Å². The first-order chi connectivity index (χ1) is 7.55. The number of hydrogen-bond acceptors (Lipinski definition) is 0. The van der Waals surface area contributed by atoms with Gasteiger partial charge in [0.2, 0.25) is 0 Å². The average molecular weight is 256 g/mol. The van der Waals surface area contributed by atoms with Crippen LogP contribution in [0.3, 0.4) is 0 Å². The molecule has 0 fully saturated rings. The van der Waals surface area contributed by atoms with Crippen molar-refractivity contribution < 1.29 is 26.3 Å². The Morgan fingerprint density at radius 3 is 1.29 bits per heavy atom. The fourth-order valence-electron chi connectivity index (χ4n) is 2.88. The van der Waals surface area contributed by atoms with E-state index in [2.05, 4.69) is 0 Å². The quantitative estimate of drug-likeness (QED) is 0.445. The number of allylic oxidation sites excluding steroid dienone is 4. The number of fused-ring (bicyclic) bond motifs is 2. The van der Waals surface area contributed by atoms with Crippen LogP contribution >= 0.6 is 0 Å². The second kappa shape index (κ2) is 3.29. The Balaban J connectivity index is 2.59. The first-order valence-electron chi connectivity index (χ1n) is 5.11. The Hall–Kier alpha value is -0.940. The fourth-order valence-corrected chi connectivity index (χ4v) is 2.88. The summed E-state index contributed by atoms with van der Waals surface area (Å²) in [6, 6.07) is 0. The molecule has 2 aliphatic carbocycles. The molecule has 2 atom stereocenters. The van der Waals surface area contributed by atoms with Crippen LogP contribution in [0.25, 0.3) is 0 Å². The summed E-state index contributed by atoms with van der Waals surface area (Å²) >= 11 is 0. The van der Waals surface area contributed by atoms with Crippen molar-refractivity contribution in [1.82, 2.24) is 0 Å². The highest BCUT2D eigenvalue weighted by molar-refractivity contribution is 5.49. The number of rotatable bonds is 0. The molecule has 0 aromatic carbocycles. The molecule has 2 aliphatic rings. The van der Waals surface area contributed by atoms with Crippen LogP contribution in [0, 0.1) is 11.8 Å². The lowest BCUT2D eigenvalue weighted by molar-refractivity contribution is -0.118. The maximum atomic E-state index is 12.7. The van der Waals surface area contributed by atoms with Gasteiger partial charge in [-0.15, -0.1) is 0 Å². The standard InChI is InChI=1S/C11H10F6/c1-4-5(2)7-3-6(4)8(10(12,13)14)9(7)11(15,16)17/h6-7H,3H2,1-2H3. The molecule has 0 aliphatic heterocycles. The van der Waals surface area contributed by atoms with Gasteiger partial charge in [0, 0.05) is 23.0 Å². The minimum atomic E-state index is -4.90. The third-order valence-electron chi connectivity index (χ3n) is 3.74. The molecule has 6 heteroatoms. The lowest BCUT2D eigenvalue weighted by atomic mass is 9.86. The molecule has 0 aromatic rings. The lowest BCUT2D eigenvalue weighted by Crippen LogP contribution is -2.27. The van der Waals surface area contributed by atoms with Gasteiger partial charge in [0.25, 0.3) is 0 Å². The highest BCUT2D eigenvalue weighted by atomic mass is 19.4. The number of alkyl halides is 6. The van der Waals surface area contributed by atoms with E-state index in [-0.39, 0.29) is 6.42 Å². The zero-order chi connectivity index (χ0) is 13.2. The van der Waals surface area contributed by atoms with Crippen molar-refractivity contribution in [3.05, 3.63) is 22.3 Å². The van der Waals surface area contributed by atoms with Gasteiger partial charge >= 0.3 is 12.4 Å². The van der Waals surface area contributed by atoms with Crippen LogP contribution in [0.4, 0.5) is 26.3 Å². The molecule has 2 unspecified atom stereocenters. The zero-order valence-electron chi connectivity index (χ0n) is 9.13. The molecule has 0 heterocycles. The van der Waals surface area contributed by atoms with Crippen LogP contribution in [0.5, 0.6) is 0 Å². The summed E-state index contributed by atoms with van der Waals surface area (Å²) in [7, 11) is 0. The van der Waals surface area contributed by atoms with Gasteiger partial charge in [-0.25, -0.2) is 0 Å². The number of halogens is 6. The van der Waals surface area contributed by atoms with Gasteiger partial charge in [-0.05, 0) is 20.3 Å². The first-order valence-corrected chi connectivity index (χ1v) is 5.11. The largest absolute Gasteiger partial charge is 0.413 e. The van der Waals surface area contributed by atoms with E-state index < -0.39 is 35.3 Å². The van der Waals surface area contributed by atoms with Crippen LogP contribution in [0.15, 0.2) is 22.3 Å². The zero-order valence-corrected chi connectivity index (χ0v) is 9.13. The molecule has 0 amide bonds. The Morgan fingerprint density at radius 2 is 1.06 bits per heavy atom. The van der Waals surface area contributed by atoms with E-state index in [1.54, 1.807) is 0 Å². The molecule has 0 N–H and O–H groups in total. The van der Waals surface area contributed by atoms with Gasteiger partial charge in [0.1, 0.15) is 0 Å². The Bertz CT molecular complexity index is 382. The van der Waals surface area contributed by atoms with Gasteiger partial charge in [0.15, 0.2) is 0 Å². The first kappa shape index (κ1) is 12.5. The summed E-state index contributed by atoms with van der Waals surface area (Å²) in [6.07, 6.45) is -9.88. The molecule has 2 bridgehead atoms. The Labute approximate surface area is 94.0 Å². The molecule has 96 valence electrons. The second-order valence-electron chi connectivity index (χ2n) is 4.53. The maximum Gasteiger partial charge on any atom is 0.413 e. The van der Waals surface area contributed by atoms with Gasteiger partial charge in [0.05, 0.1) is 0 Å². The molecule has 0 saturated carbocycles. The molecule has 17 heavy (non-hydrogen) atoms. The van der Waals surface area contributed by atoms with Crippen molar-refractivity contribution in [2.24, 2.45) is 11.8 Å². The molecule has 0 nitrogen and oxygen atoms in total. The SMILES string of the molecule is CC1=C(C)C2CC1C(C(F)(F)F)=C2C(F)(F)F. The van der Waals surface area contributed by atoms with Crippen molar-refractivity contribution in [3.63, 3.8) is 0 Å². The van der Waals surface area contributed by atoms with E-state index in [0.29, 0.717) is 11.1 Å². The monoisotopic (exact) mass is 256 g/mol. The van der Waals surface area contributed by atoms with Crippen molar-refractivity contribution in [1.29, 1.82) is 0 Å². The predicted octanol–water partition coefficient (Wildman–Crippen LogP) is 4.39. The predicted molar refractivity (Wildman–Crippen MR) is 49.1 cm³/mol. The fraction of sp³-hybridized carbons (Fsp3) is 0.636. The van der Waals surface area contributed by atoms with E-state index in [1.807, 2.05) is 0 Å². The van der Waals surface area contributed by atoms with Crippen molar-refractivity contribution in [2.45, 2.75) is 32.6 Å². The summed E-state index contributed by atoms with van der Waals surface area (Å²) < 4.78 is 76.3. The van der Waals surface area contributed by atoms with E-state index in [1.165, 1.54) is 13.8 Å². The minimum Gasteiger partial charge on any atom is -0.166 e. The highest BCUT2D eigenvalue weighted by Crippen LogP contribution is 2.59. The van der Waals surface area contributed by atoms with Crippen LogP contribution < -0.4 is 0 Å². The molecule has 0 saturated heterocycles. The topological polar surface area (TPSA) is 0 Å². The average Bonchev–Trinajstić information content (AvgIpc) is 2.62. The third kappa shape index (κ3) is 1.68. The summed E-state index contributed by atoms with van der Waals surface area (Å²) in [5, 5.41) is 0. The molecular formula is C11H10F6. The van der Waals surface area contributed by atoms with Crippen molar-refractivity contribution in [3.8, 4) is 0 Å². The van der Waals surface area contributed by atoms with Crippen LogP contribution in [-0.2, 0) is 0 Å². The Morgan fingerprint density at radius 1 is 0.765 bits per heavy atom. The van der Waals surface area contributed by atoms with E-state index in [9.17, 15) is 26.3 Å². The molecular weight excluding hydrogens is 246 g/mol. The van der Waals surface area contributed by atoms with Gasteiger partial charge in [-0.1, -0.05) is 11.1 Å². The van der Waals surface area contributed by atoms with Gasteiger partial charge in [-0.2, -0.15) is 26.3 Å². The van der Waals surface area contributed by atoms with E-state index >= 15 is 0 Å². The minimum absolute atomic E-state index is 0.0820. The number of hydrogen-bond donors (Lipinski definition) is 0. The molecule has 0 radical (unpaired) electrons. The van der Waals surface area contributed by atoms with Gasteiger partial charge < -0.3 is 0 Å². The summed E-state index contributed by atoms with van der Waals surface area (Å²) in [4.78, 5) is 0. The summed E-state index contributed by atoms with van der Waals surface area (Å²) in [6.45, 7) is 2.97. The van der Waals surface area contributed by atoms with Crippen molar-refractivity contribution in [2.75, 3.05) is 0 Å². The van der Waals surface area contributed by atoms with Crippen molar-refractivity contribution >= 4 is 0 Å². The second-order valence-corrected chi connectivity index (χ2v) is 4.53. The van der Waals surface area contributed by atoms with E-state index in [0.717, 1.165) is 0 Å². The third-order valence-corrected chi connectivity index (χ3v) is 3.74. The lowest BCUT2D eigenvalue weighted by Gasteiger charge is -2.25. The highest BCUT2D eigenvalue weighted by Gasteiger charge is 2.58. The van der Waals surface area contributed by atoms with Gasteiger partial charge in [-0.3, -0.25) is 0 Å². The molecule has 0 aromatic heterocycles. The summed E-state index contributed by atoms with van der Waals surface area (Å²) in [5.74, 6) is -2.20. The maximum absolute atomic E-state index is 12.7. The van der Waals surface area contributed by atoms with Crippen LogP contribution in [-0.4, -0.2) is 12.4 Å². The Kier molecular flexibility index (Phi) is 2.43. The van der Waals surface area contributed by atoms with Crippen LogP contribution in [0.1, 0.15) is 20.3 Å². The molecule has 2 rings (SSSR count). The van der Waals surface area contributed by atoms with Crippen LogP contribution in [0.2, 0.25) is 0 Å². The summed E-state index contributed by atoms with van der Waals surface area (Å²) in [5.41, 5.74) is -1.87. The molecule has 0 spiro atoms. The smallest absolute Gasteiger partial charge is 0.166 e. The normalized spacial score (nSPS) is 29.6.